The number of benzene rings is 1. The molecule has 0 aliphatic carbocycles. The average molecular weight is 363 g/mol. The van der Waals surface area contributed by atoms with Crippen LogP contribution in [0, 0.1) is 5.82 Å². The normalized spacial score (nSPS) is 19.4. The predicted octanol–water partition coefficient (Wildman–Crippen LogP) is 2.19. The number of fused-ring (bicyclic) bond motifs is 1. The number of aliphatic hydroxyl groups excluding tert-OH is 1. The first kappa shape index (κ1) is 17.5. The van der Waals surface area contributed by atoms with E-state index in [2.05, 4.69) is 10.3 Å². The molecular weight excluding hydrogens is 345 g/mol. The lowest BCUT2D eigenvalue weighted by Crippen LogP contribution is -2.38. The lowest BCUT2D eigenvalue weighted by molar-refractivity contribution is -0.120. The zero-order chi connectivity index (χ0) is 18.0. The molecule has 6 nitrogen and oxygen atoms in total. The van der Waals surface area contributed by atoms with Crippen molar-refractivity contribution in [2.24, 2.45) is 4.99 Å². The number of aliphatic hydroxyl groups is 1. The number of halogens is 1. The summed E-state index contributed by atoms with van der Waals surface area (Å²) in [4.78, 5) is 18.7. The summed E-state index contributed by atoms with van der Waals surface area (Å²) in [6.45, 7) is 2.05. The number of carbonyl (C=O) groups is 1. The highest BCUT2D eigenvalue weighted by Gasteiger charge is 2.35. The van der Waals surface area contributed by atoms with Gasteiger partial charge in [0.15, 0.2) is 11.4 Å². The van der Waals surface area contributed by atoms with E-state index < -0.39 is 6.23 Å². The molecule has 0 saturated heterocycles. The summed E-state index contributed by atoms with van der Waals surface area (Å²) in [5, 5.41) is 13.6. The van der Waals surface area contributed by atoms with Crippen molar-refractivity contribution in [2.75, 3.05) is 13.7 Å². The lowest BCUT2D eigenvalue weighted by Gasteiger charge is -2.29. The molecule has 2 aliphatic heterocycles. The Bertz CT molecular complexity index is 774. The van der Waals surface area contributed by atoms with Crippen LogP contribution in [0.25, 0.3) is 0 Å². The Kier molecular flexibility index (Phi) is 5.10. The molecule has 0 fully saturated rings. The van der Waals surface area contributed by atoms with Gasteiger partial charge in [-0.25, -0.2) is 9.38 Å². The van der Waals surface area contributed by atoms with Gasteiger partial charge in [0.2, 0.25) is 5.91 Å². The van der Waals surface area contributed by atoms with E-state index in [4.69, 9.17) is 4.74 Å². The van der Waals surface area contributed by atoms with Crippen molar-refractivity contribution < 1.29 is 19.0 Å². The van der Waals surface area contributed by atoms with Crippen molar-refractivity contribution in [3.63, 3.8) is 0 Å². The van der Waals surface area contributed by atoms with Crippen LogP contribution < -0.4 is 10.1 Å². The van der Waals surface area contributed by atoms with Gasteiger partial charge in [0.05, 0.1) is 12.1 Å². The van der Waals surface area contributed by atoms with Crippen molar-refractivity contribution in [1.82, 2.24) is 10.2 Å². The highest BCUT2D eigenvalue weighted by Crippen LogP contribution is 2.39. The van der Waals surface area contributed by atoms with Crippen molar-refractivity contribution in [3.8, 4) is 5.75 Å². The number of carbonyl (C=O) groups excluding carboxylic acids is 1. The first-order valence-corrected chi connectivity index (χ1v) is 8.53. The van der Waals surface area contributed by atoms with Gasteiger partial charge in [-0.05, 0) is 37.3 Å². The summed E-state index contributed by atoms with van der Waals surface area (Å²) in [6, 6.07) is 5.70. The number of nitrogens with zero attached hydrogens (tertiary/aromatic N) is 2. The fourth-order valence-corrected chi connectivity index (χ4v) is 3.55. The molecule has 25 heavy (non-hydrogen) atoms. The van der Waals surface area contributed by atoms with Gasteiger partial charge in [-0.3, -0.25) is 9.69 Å². The van der Waals surface area contributed by atoms with Crippen molar-refractivity contribution in [1.29, 1.82) is 0 Å². The van der Waals surface area contributed by atoms with Crippen LogP contribution in [0.1, 0.15) is 13.3 Å². The van der Waals surface area contributed by atoms with Gasteiger partial charge in [-0.2, -0.15) is 0 Å². The van der Waals surface area contributed by atoms with Crippen LogP contribution in [0.2, 0.25) is 0 Å². The molecule has 8 heteroatoms. The largest absolute Gasteiger partial charge is 0.487 e. The molecule has 0 bridgehead atoms. The SMILES string of the molecule is CNC(=O)CC1=C(C)SC2=NC(COc3ccc(F)cc3)=CC(O)N21. The third-order valence-electron chi connectivity index (χ3n) is 3.80. The minimum atomic E-state index is -0.913. The lowest BCUT2D eigenvalue weighted by atomic mass is 10.2. The molecule has 1 unspecified atom stereocenters. The Morgan fingerprint density at radius 2 is 2.16 bits per heavy atom. The maximum absolute atomic E-state index is 12.9. The molecule has 2 N–H and O–H groups in total. The number of ether oxygens (including phenoxy) is 1. The van der Waals surface area contributed by atoms with E-state index in [1.807, 2.05) is 6.92 Å². The van der Waals surface area contributed by atoms with E-state index in [1.165, 1.54) is 36.0 Å². The summed E-state index contributed by atoms with van der Waals surface area (Å²) in [6.07, 6.45) is 0.848. The summed E-state index contributed by atoms with van der Waals surface area (Å²) in [5.74, 6) is 0.0639. The van der Waals surface area contributed by atoms with Crippen LogP contribution in [0.15, 0.2) is 51.6 Å². The molecule has 132 valence electrons. The molecule has 0 spiro atoms. The second kappa shape index (κ2) is 7.28. The van der Waals surface area contributed by atoms with E-state index in [-0.39, 0.29) is 24.8 Å². The second-order valence-corrected chi connectivity index (χ2v) is 6.72. The molecule has 2 heterocycles. The maximum atomic E-state index is 12.9. The Balaban J connectivity index is 1.69. The Morgan fingerprint density at radius 3 is 2.84 bits per heavy atom. The van der Waals surface area contributed by atoms with Crippen molar-refractivity contribution in [3.05, 3.63) is 52.5 Å². The van der Waals surface area contributed by atoms with E-state index in [0.29, 0.717) is 16.6 Å². The molecule has 1 atom stereocenters. The molecule has 1 aromatic rings. The van der Waals surface area contributed by atoms with Gasteiger partial charge in [0.1, 0.15) is 18.2 Å². The van der Waals surface area contributed by atoms with Crippen molar-refractivity contribution >= 4 is 22.8 Å². The highest BCUT2D eigenvalue weighted by atomic mass is 32.2. The van der Waals surface area contributed by atoms with Gasteiger partial charge < -0.3 is 15.2 Å². The number of hydrogen-bond acceptors (Lipinski definition) is 6. The molecule has 0 aromatic heterocycles. The van der Waals surface area contributed by atoms with Crippen LogP contribution >= 0.6 is 11.8 Å². The van der Waals surface area contributed by atoms with Gasteiger partial charge in [-0.15, -0.1) is 0 Å². The maximum Gasteiger partial charge on any atom is 0.225 e. The zero-order valence-electron chi connectivity index (χ0n) is 13.8. The smallest absolute Gasteiger partial charge is 0.225 e. The number of aliphatic imine (C=N–C) groups is 1. The number of amidine groups is 1. The molecule has 1 amide bonds. The van der Waals surface area contributed by atoms with Gasteiger partial charge >= 0.3 is 0 Å². The average Bonchev–Trinajstić information content (AvgIpc) is 2.90. The molecule has 3 rings (SSSR count). The molecule has 1 aromatic carbocycles. The number of amides is 1. The number of allylic oxidation sites excluding steroid dienone is 1. The van der Waals surface area contributed by atoms with Gasteiger partial charge in [-0.1, -0.05) is 11.8 Å². The number of nitrogens with one attached hydrogen (secondary N) is 1. The minimum absolute atomic E-state index is 0.127. The number of rotatable bonds is 5. The predicted molar refractivity (Wildman–Crippen MR) is 94.2 cm³/mol. The van der Waals surface area contributed by atoms with Gasteiger partial charge in [0.25, 0.3) is 0 Å². The van der Waals surface area contributed by atoms with Crippen LogP contribution in [-0.2, 0) is 4.79 Å². The fraction of sp³-hybridized carbons (Fsp3) is 0.294. The molecule has 0 radical (unpaired) electrons. The number of thioether (sulfide) groups is 1. The second-order valence-electron chi connectivity index (χ2n) is 5.53. The van der Waals surface area contributed by atoms with E-state index in [9.17, 15) is 14.3 Å². The van der Waals surface area contributed by atoms with E-state index in [0.717, 1.165) is 10.6 Å². The van der Waals surface area contributed by atoms with Crippen LogP contribution in [0.4, 0.5) is 4.39 Å². The third kappa shape index (κ3) is 3.85. The molecular formula is C17H18FN3O3S. The van der Waals surface area contributed by atoms with Gasteiger partial charge in [0, 0.05) is 17.6 Å². The van der Waals surface area contributed by atoms with Crippen LogP contribution in [-0.4, -0.2) is 41.0 Å². The van der Waals surface area contributed by atoms with Crippen molar-refractivity contribution in [2.45, 2.75) is 19.6 Å². The zero-order valence-corrected chi connectivity index (χ0v) is 14.6. The highest BCUT2D eigenvalue weighted by molar-refractivity contribution is 8.17. The topological polar surface area (TPSA) is 74.2 Å². The standard InChI is InChI=1S/C17H18FN3O3S/c1-10-14(8-15(22)19-2)21-16(23)7-12(20-17(21)25-10)9-24-13-5-3-11(18)4-6-13/h3-7,16,23H,8-9H2,1-2H3,(H,19,22). The minimum Gasteiger partial charge on any atom is -0.487 e. The summed E-state index contributed by atoms with van der Waals surface area (Å²) in [7, 11) is 1.58. The fourth-order valence-electron chi connectivity index (χ4n) is 2.50. The summed E-state index contributed by atoms with van der Waals surface area (Å²) >= 11 is 1.41. The van der Waals surface area contributed by atoms with Crippen LogP contribution in [0.3, 0.4) is 0 Å². The first-order valence-electron chi connectivity index (χ1n) is 7.71. The Morgan fingerprint density at radius 1 is 1.44 bits per heavy atom. The number of hydrogen-bond donors (Lipinski definition) is 2. The Hall–Kier alpha value is -2.32. The summed E-state index contributed by atoms with van der Waals surface area (Å²) < 4.78 is 18.5. The van der Waals surface area contributed by atoms with E-state index in [1.54, 1.807) is 18.0 Å². The molecule has 2 aliphatic rings. The first-order chi connectivity index (χ1) is 12.0. The quantitative estimate of drug-likeness (QED) is 0.839. The Labute approximate surface area is 149 Å². The summed E-state index contributed by atoms with van der Waals surface area (Å²) in [5.41, 5.74) is 1.31. The van der Waals surface area contributed by atoms with E-state index >= 15 is 0 Å². The monoisotopic (exact) mass is 363 g/mol. The third-order valence-corrected chi connectivity index (χ3v) is 4.81. The van der Waals surface area contributed by atoms with Crippen LogP contribution in [0.5, 0.6) is 5.75 Å². The molecule has 0 saturated carbocycles.